The molecular formula is C16H25N3O2. The summed E-state index contributed by atoms with van der Waals surface area (Å²) in [6.45, 7) is 3.47. The molecule has 0 aliphatic rings. The number of hydrogen-bond acceptors (Lipinski definition) is 3. The third-order valence-corrected chi connectivity index (χ3v) is 3.12. The van der Waals surface area contributed by atoms with E-state index in [2.05, 4.69) is 17.2 Å². The number of guanidine groups is 1. The molecule has 0 aromatic heterocycles. The lowest BCUT2D eigenvalue weighted by Gasteiger charge is -2.06. The lowest BCUT2D eigenvalue weighted by molar-refractivity contribution is 0.0600. The van der Waals surface area contributed by atoms with Crippen LogP contribution < -0.4 is 11.1 Å². The van der Waals surface area contributed by atoms with Crippen molar-refractivity contribution in [1.29, 1.82) is 0 Å². The van der Waals surface area contributed by atoms with Crippen molar-refractivity contribution in [2.24, 2.45) is 10.7 Å². The first kappa shape index (κ1) is 17.0. The zero-order valence-corrected chi connectivity index (χ0v) is 12.9. The molecule has 3 N–H and O–H groups in total. The Balaban J connectivity index is 2.42. The van der Waals surface area contributed by atoms with Crippen LogP contribution in [-0.4, -0.2) is 25.6 Å². The molecule has 0 fully saturated rings. The highest BCUT2D eigenvalue weighted by Gasteiger charge is 2.05. The summed E-state index contributed by atoms with van der Waals surface area (Å²) in [6, 6.07) is 7.20. The first-order valence-electron chi connectivity index (χ1n) is 7.38. The van der Waals surface area contributed by atoms with Crippen LogP contribution in [0.3, 0.4) is 0 Å². The maximum atomic E-state index is 11.4. The SMILES string of the molecule is CCCCCCNC(N)=NCc1cccc(C(=O)OC)c1. The van der Waals surface area contributed by atoms with Crippen molar-refractivity contribution in [2.45, 2.75) is 39.2 Å². The molecule has 0 saturated heterocycles. The van der Waals surface area contributed by atoms with E-state index in [0.717, 1.165) is 18.5 Å². The van der Waals surface area contributed by atoms with Crippen LogP contribution >= 0.6 is 0 Å². The number of esters is 1. The average molecular weight is 291 g/mol. The van der Waals surface area contributed by atoms with E-state index in [1.807, 2.05) is 12.1 Å². The summed E-state index contributed by atoms with van der Waals surface area (Å²) < 4.78 is 4.69. The van der Waals surface area contributed by atoms with Crippen molar-refractivity contribution in [3.63, 3.8) is 0 Å². The van der Waals surface area contributed by atoms with Crippen LogP contribution in [0.2, 0.25) is 0 Å². The minimum Gasteiger partial charge on any atom is -0.465 e. The predicted octanol–water partition coefficient (Wildman–Crippen LogP) is 2.46. The van der Waals surface area contributed by atoms with Gasteiger partial charge in [0.25, 0.3) is 0 Å². The van der Waals surface area contributed by atoms with Crippen molar-refractivity contribution < 1.29 is 9.53 Å². The highest BCUT2D eigenvalue weighted by molar-refractivity contribution is 5.89. The Hall–Kier alpha value is -2.04. The molecule has 1 aromatic carbocycles. The second-order valence-electron chi connectivity index (χ2n) is 4.88. The van der Waals surface area contributed by atoms with Gasteiger partial charge in [0.1, 0.15) is 0 Å². The topological polar surface area (TPSA) is 76.7 Å². The highest BCUT2D eigenvalue weighted by Crippen LogP contribution is 2.07. The molecule has 5 nitrogen and oxygen atoms in total. The zero-order chi connectivity index (χ0) is 15.5. The van der Waals surface area contributed by atoms with Crippen LogP contribution in [0.4, 0.5) is 0 Å². The maximum Gasteiger partial charge on any atom is 0.337 e. The van der Waals surface area contributed by atoms with Gasteiger partial charge in [0.2, 0.25) is 0 Å². The first-order chi connectivity index (χ1) is 10.2. The van der Waals surface area contributed by atoms with Gasteiger partial charge in [-0.1, -0.05) is 38.3 Å². The molecular weight excluding hydrogens is 266 g/mol. The Bertz CT molecular complexity index is 472. The zero-order valence-electron chi connectivity index (χ0n) is 12.9. The van der Waals surface area contributed by atoms with Gasteiger partial charge in [0.15, 0.2) is 5.96 Å². The second kappa shape index (κ2) is 9.80. The summed E-state index contributed by atoms with van der Waals surface area (Å²) in [7, 11) is 1.37. The van der Waals surface area contributed by atoms with Gasteiger partial charge in [0, 0.05) is 6.54 Å². The van der Waals surface area contributed by atoms with E-state index < -0.39 is 0 Å². The molecule has 116 valence electrons. The van der Waals surface area contributed by atoms with E-state index in [-0.39, 0.29) is 5.97 Å². The molecule has 0 amide bonds. The van der Waals surface area contributed by atoms with Crippen LogP contribution in [0.5, 0.6) is 0 Å². The van der Waals surface area contributed by atoms with Gasteiger partial charge < -0.3 is 15.8 Å². The molecule has 21 heavy (non-hydrogen) atoms. The largest absolute Gasteiger partial charge is 0.465 e. The minimum atomic E-state index is -0.345. The molecule has 0 unspecified atom stereocenters. The Morgan fingerprint density at radius 2 is 2.14 bits per heavy atom. The molecule has 0 saturated carbocycles. The normalized spacial score (nSPS) is 11.2. The Morgan fingerprint density at radius 3 is 2.86 bits per heavy atom. The van der Waals surface area contributed by atoms with Gasteiger partial charge in [-0.3, -0.25) is 0 Å². The summed E-state index contributed by atoms with van der Waals surface area (Å²) >= 11 is 0. The number of benzene rings is 1. The molecule has 0 aliphatic carbocycles. The van der Waals surface area contributed by atoms with Crippen molar-refractivity contribution >= 4 is 11.9 Å². The van der Waals surface area contributed by atoms with Crippen LogP contribution in [-0.2, 0) is 11.3 Å². The third-order valence-electron chi connectivity index (χ3n) is 3.12. The monoisotopic (exact) mass is 291 g/mol. The van der Waals surface area contributed by atoms with E-state index in [1.54, 1.807) is 12.1 Å². The number of rotatable bonds is 8. The smallest absolute Gasteiger partial charge is 0.337 e. The van der Waals surface area contributed by atoms with E-state index in [1.165, 1.54) is 26.4 Å². The number of methoxy groups -OCH3 is 1. The van der Waals surface area contributed by atoms with E-state index >= 15 is 0 Å². The number of nitrogens with two attached hydrogens (primary N) is 1. The van der Waals surface area contributed by atoms with Gasteiger partial charge in [-0.15, -0.1) is 0 Å². The molecule has 5 heteroatoms. The van der Waals surface area contributed by atoms with Crippen molar-refractivity contribution in [1.82, 2.24) is 5.32 Å². The minimum absolute atomic E-state index is 0.345. The fourth-order valence-corrected chi connectivity index (χ4v) is 1.92. The van der Waals surface area contributed by atoms with Crippen LogP contribution in [0, 0.1) is 0 Å². The van der Waals surface area contributed by atoms with E-state index in [4.69, 9.17) is 10.5 Å². The lowest BCUT2D eigenvalue weighted by Crippen LogP contribution is -2.32. The molecule has 0 bridgehead atoms. The number of unbranched alkanes of at least 4 members (excludes halogenated alkanes) is 3. The second-order valence-corrected chi connectivity index (χ2v) is 4.88. The number of ether oxygens (including phenoxy) is 1. The van der Waals surface area contributed by atoms with Crippen LogP contribution in [0.15, 0.2) is 29.3 Å². The summed E-state index contributed by atoms with van der Waals surface area (Å²) in [6.07, 6.45) is 4.78. The number of nitrogens with one attached hydrogen (secondary N) is 1. The average Bonchev–Trinajstić information content (AvgIpc) is 2.52. The standard InChI is InChI=1S/C16H25N3O2/c1-3-4-5-6-10-18-16(17)19-12-13-8-7-9-14(11-13)15(20)21-2/h7-9,11H,3-6,10,12H2,1-2H3,(H3,17,18,19). The van der Waals surface area contributed by atoms with Crippen LogP contribution in [0.25, 0.3) is 0 Å². The maximum absolute atomic E-state index is 11.4. The third kappa shape index (κ3) is 6.79. The first-order valence-corrected chi connectivity index (χ1v) is 7.38. The number of nitrogens with zero attached hydrogens (tertiary/aromatic N) is 1. The molecule has 1 rings (SSSR count). The molecule has 0 aliphatic heterocycles. The summed E-state index contributed by atoms with van der Waals surface area (Å²) in [5.41, 5.74) is 7.26. The molecule has 0 radical (unpaired) electrons. The lowest BCUT2D eigenvalue weighted by atomic mass is 10.1. The van der Waals surface area contributed by atoms with Gasteiger partial charge in [-0.05, 0) is 24.1 Å². The van der Waals surface area contributed by atoms with Crippen molar-refractivity contribution in [2.75, 3.05) is 13.7 Å². The Morgan fingerprint density at radius 1 is 1.33 bits per heavy atom. The summed E-state index contributed by atoms with van der Waals surface area (Å²) in [4.78, 5) is 15.7. The summed E-state index contributed by atoms with van der Waals surface area (Å²) in [5, 5.41) is 3.10. The van der Waals surface area contributed by atoms with E-state index in [0.29, 0.717) is 18.1 Å². The van der Waals surface area contributed by atoms with Gasteiger partial charge in [0.05, 0.1) is 19.2 Å². The quantitative estimate of drug-likeness (QED) is 0.334. The van der Waals surface area contributed by atoms with Gasteiger partial charge in [-0.25, -0.2) is 9.79 Å². The molecule has 0 atom stereocenters. The summed E-state index contributed by atoms with van der Waals surface area (Å²) in [5.74, 6) is 0.0952. The Labute approximate surface area is 126 Å². The van der Waals surface area contributed by atoms with Crippen molar-refractivity contribution in [3.05, 3.63) is 35.4 Å². The van der Waals surface area contributed by atoms with E-state index in [9.17, 15) is 4.79 Å². The number of carbonyl (C=O) groups excluding carboxylic acids is 1. The number of carbonyl (C=O) groups is 1. The fourth-order valence-electron chi connectivity index (χ4n) is 1.92. The number of aliphatic imine (C=N–C) groups is 1. The number of hydrogen-bond donors (Lipinski definition) is 2. The van der Waals surface area contributed by atoms with Crippen molar-refractivity contribution in [3.8, 4) is 0 Å². The molecule has 0 heterocycles. The molecule has 1 aromatic rings. The van der Waals surface area contributed by atoms with Gasteiger partial charge >= 0.3 is 5.97 Å². The molecule has 0 spiro atoms. The predicted molar refractivity (Wildman–Crippen MR) is 85.3 cm³/mol. The fraction of sp³-hybridized carbons (Fsp3) is 0.500. The van der Waals surface area contributed by atoms with Crippen LogP contribution in [0.1, 0.15) is 48.5 Å². The highest BCUT2D eigenvalue weighted by atomic mass is 16.5. The Kier molecular flexibility index (Phi) is 7.94. The van der Waals surface area contributed by atoms with Gasteiger partial charge in [-0.2, -0.15) is 0 Å².